The van der Waals surface area contributed by atoms with Crippen molar-refractivity contribution in [2.75, 3.05) is 112 Å². The number of methoxy groups -OCH3 is 2. The van der Waals surface area contributed by atoms with Crippen molar-refractivity contribution in [2.45, 2.75) is 12.2 Å². The number of rotatable bonds is 8. The fourth-order valence-electron chi connectivity index (χ4n) is 6.41. The van der Waals surface area contributed by atoms with Crippen LogP contribution >= 0.6 is 24.4 Å². The van der Waals surface area contributed by atoms with Crippen molar-refractivity contribution in [1.29, 1.82) is 0 Å². The van der Waals surface area contributed by atoms with Gasteiger partial charge in [-0.2, -0.15) is 10.1 Å². The van der Waals surface area contributed by atoms with E-state index in [9.17, 15) is 14.4 Å². The van der Waals surface area contributed by atoms with Gasteiger partial charge in [-0.1, -0.05) is 0 Å². The number of nitrogens with one attached hydrogen (secondary N) is 2. The third kappa shape index (κ3) is 9.11. The smallest absolute Gasteiger partial charge is 0.414 e. The minimum atomic E-state index is -0.942. The number of cyclic esters (lactones) is 2. The fraction of sp³-hybridized carbons (Fsp3) is 0.485. The number of urea groups is 1. The summed E-state index contributed by atoms with van der Waals surface area (Å²) in [6.07, 6.45) is -2.86. The van der Waals surface area contributed by atoms with Crippen molar-refractivity contribution in [1.82, 2.24) is 20.8 Å². The third-order valence-electron chi connectivity index (χ3n) is 9.12. The maximum absolute atomic E-state index is 15.5. The average molecular weight is 831 g/mol. The lowest BCUT2D eigenvalue weighted by atomic mass is 10.2. The topological polar surface area (TPSA) is 150 Å². The zero-order valence-electron chi connectivity index (χ0n) is 30.1. The number of hydrogen-bond acceptors (Lipinski definition) is 13. The second-order valence-electron chi connectivity index (χ2n) is 12.6. The molecular formula is C33H38F4N8O9S2. The van der Waals surface area contributed by atoms with Crippen LogP contribution < -0.4 is 30.2 Å². The monoisotopic (exact) mass is 830 g/mol. The van der Waals surface area contributed by atoms with Crippen molar-refractivity contribution in [2.24, 2.45) is 0 Å². The third-order valence-corrected chi connectivity index (χ3v) is 9.74. The SMILES string of the molecule is COC(=S)NC[C@H]1CN(c2cc(F)c(N3CCON(C(=O)N4CCN(c5c(F)cc(N6C[C@H](CNC(=S)OC)OC6=O)cc5F)CCO4)CC3)c(F)c2)C(=O)O1. The maximum Gasteiger partial charge on any atom is 0.414 e. The summed E-state index contributed by atoms with van der Waals surface area (Å²) < 4.78 is 82.2. The van der Waals surface area contributed by atoms with Gasteiger partial charge in [0.05, 0.1) is 78.1 Å². The molecule has 0 unspecified atom stereocenters. The van der Waals surface area contributed by atoms with Gasteiger partial charge in [-0.05, 0) is 24.4 Å². The van der Waals surface area contributed by atoms with Crippen molar-refractivity contribution >= 4 is 75.8 Å². The second kappa shape index (κ2) is 17.8. The molecule has 4 saturated heterocycles. The molecule has 4 fully saturated rings. The molecule has 56 heavy (non-hydrogen) atoms. The van der Waals surface area contributed by atoms with Gasteiger partial charge in [0.1, 0.15) is 23.6 Å². The molecule has 17 nitrogen and oxygen atoms in total. The molecule has 304 valence electrons. The van der Waals surface area contributed by atoms with E-state index in [1.54, 1.807) is 0 Å². The Bertz CT molecular complexity index is 1680. The van der Waals surface area contributed by atoms with E-state index < -0.39 is 53.7 Å². The van der Waals surface area contributed by atoms with Crippen LogP contribution in [-0.2, 0) is 28.6 Å². The van der Waals surface area contributed by atoms with E-state index >= 15 is 17.6 Å². The minimum absolute atomic E-state index is 0.00759. The van der Waals surface area contributed by atoms with Crippen molar-refractivity contribution in [3.8, 4) is 0 Å². The minimum Gasteiger partial charge on any atom is -0.474 e. The molecule has 4 heterocycles. The van der Waals surface area contributed by atoms with Crippen LogP contribution in [0, 0.1) is 23.3 Å². The molecule has 0 spiro atoms. The highest BCUT2D eigenvalue weighted by Crippen LogP contribution is 2.33. The largest absolute Gasteiger partial charge is 0.474 e. The Morgan fingerprint density at radius 1 is 0.679 bits per heavy atom. The fourth-order valence-corrected chi connectivity index (χ4v) is 6.57. The Balaban J connectivity index is 1.04. The molecular weight excluding hydrogens is 793 g/mol. The molecule has 2 N–H and O–H groups in total. The van der Waals surface area contributed by atoms with Crippen LogP contribution in [0.5, 0.6) is 0 Å². The summed E-state index contributed by atoms with van der Waals surface area (Å²) in [6.45, 7) is -0.274. The highest BCUT2D eigenvalue weighted by atomic mass is 32.1. The van der Waals surface area contributed by atoms with E-state index in [-0.39, 0.29) is 112 Å². The van der Waals surface area contributed by atoms with Gasteiger partial charge in [0.2, 0.25) is 0 Å². The van der Waals surface area contributed by atoms with E-state index in [4.69, 9.17) is 53.1 Å². The Kier molecular flexibility index (Phi) is 12.9. The van der Waals surface area contributed by atoms with Crippen LogP contribution in [0.15, 0.2) is 24.3 Å². The second-order valence-corrected chi connectivity index (χ2v) is 13.4. The molecule has 6 rings (SSSR count). The number of hydrogen-bond donors (Lipinski definition) is 2. The number of halogens is 4. The van der Waals surface area contributed by atoms with Crippen molar-refractivity contribution in [3.63, 3.8) is 0 Å². The van der Waals surface area contributed by atoms with Gasteiger partial charge in [0.15, 0.2) is 23.3 Å². The molecule has 0 saturated carbocycles. The van der Waals surface area contributed by atoms with Gasteiger partial charge in [0.25, 0.3) is 10.3 Å². The summed E-state index contributed by atoms with van der Waals surface area (Å²) in [5.41, 5.74) is -0.826. The number of thiocarbonyl (C=S) groups is 2. The van der Waals surface area contributed by atoms with E-state index in [0.717, 1.165) is 44.2 Å². The number of nitrogens with zero attached hydrogens (tertiary/aromatic N) is 6. The van der Waals surface area contributed by atoms with E-state index in [1.165, 1.54) is 24.0 Å². The number of amides is 4. The Morgan fingerprint density at radius 2 is 1.05 bits per heavy atom. The first-order valence-corrected chi connectivity index (χ1v) is 18.1. The number of carbonyl (C=O) groups excluding carboxylic acids is 3. The molecule has 23 heteroatoms. The average Bonchev–Trinajstić information content (AvgIpc) is 3.50. The van der Waals surface area contributed by atoms with Gasteiger partial charge < -0.3 is 39.4 Å². The van der Waals surface area contributed by atoms with Crippen LogP contribution in [0.3, 0.4) is 0 Å². The molecule has 4 aliphatic rings. The van der Waals surface area contributed by atoms with Crippen LogP contribution in [0.2, 0.25) is 0 Å². The summed E-state index contributed by atoms with van der Waals surface area (Å²) in [6, 6.07) is 3.36. The summed E-state index contributed by atoms with van der Waals surface area (Å²) >= 11 is 9.83. The normalized spacial score (nSPS) is 20.3. The van der Waals surface area contributed by atoms with Crippen LogP contribution in [0.25, 0.3) is 0 Å². The predicted octanol–water partition coefficient (Wildman–Crippen LogP) is 2.86. The van der Waals surface area contributed by atoms with Gasteiger partial charge in [-0.3, -0.25) is 19.5 Å². The first-order chi connectivity index (χ1) is 26.9. The van der Waals surface area contributed by atoms with Gasteiger partial charge in [0, 0.05) is 50.4 Å². The number of carbonyl (C=O) groups is 3. The molecule has 4 amide bonds. The van der Waals surface area contributed by atoms with Crippen LogP contribution in [0.1, 0.15) is 0 Å². The quantitative estimate of drug-likeness (QED) is 0.297. The number of benzene rings is 2. The van der Waals surface area contributed by atoms with Gasteiger partial charge >= 0.3 is 18.2 Å². The number of ether oxygens (including phenoxy) is 4. The molecule has 0 aromatic heterocycles. The molecule has 0 aliphatic carbocycles. The van der Waals surface area contributed by atoms with Crippen molar-refractivity contribution < 1.29 is 60.6 Å². The molecule has 2 aromatic rings. The summed E-state index contributed by atoms with van der Waals surface area (Å²) in [5, 5.41) is 7.70. The summed E-state index contributed by atoms with van der Waals surface area (Å²) in [5.74, 6) is -3.77. The van der Waals surface area contributed by atoms with Crippen LogP contribution in [0.4, 0.5) is 54.7 Å². The molecule has 2 aromatic carbocycles. The first kappa shape index (κ1) is 40.5. The number of hydroxylamine groups is 4. The molecule has 2 atom stereocenters. The van der Waals surface area contributed by atoms with Crippen molar-refractivity contribution in [3.05, 3.63) is 47.5 Å². The number of anilines is 4. The highest BCUT2D eigenvalue weighted by Gasteiger charge is 2.36. The zero-order valence-corrected chi connectivity index (χ0v) is 31.8. The van der Waals surface area contributed by atoms with E-state index in [2.05, 4.69) is 10.6 Å². The maximum atomic E-state index is 15.5. The lowest BCUT2D eigenvalue weighted by molar-refractivity contribution is -0.169. The lowest BCUT2D eigenvalue weighted by Crippen LogP contribution is -2.45. The van der Waals surface area contributed by atoms with Gasteiger partial charge in [-0.15, -0.1) is 0 Å². The molecule has 4 aliphatic heterocycles. The zero-order chi connectivity index (χ0) is 40.1. The summed E-state index contributed by atoms with van der Waals surface area (Å²) in [4.78, 5) is 54.6. The Morgan fingerprint density at radius 3 is 1.41 bits per heavy atom. The standard InChI is InChI=1S/C33H38F4N8O9S2/c1-49-29(55)38-15-21-17-42(32(47)53-21)19-11-23(34)27(24(35)12-19)40-3-5-44(51-9-7-40)31(46)45-6-4-41(8-10-52-45)28-25(36)13-20(14-26(28)37)43-18-22(54-33(43)48)16-39-30(56)50-2/h11-14,21-22H,3-10,15-18H2,1-2H3,(H,38,55)(H,39,56)/t21-,22-/m0/s1. The Hall–Kier alpha value is -5.13. The molecule has 0 radical (unpaired) electrons. The predicted molar refractivity (Wildman–Crippen MR) is 198 cm³/mol. The van der Waals surface area contributed by atoms with E-state index in [0.29, 0.717) is 0 Å². The molecule has 0 bridgehead atoms. The van der Waals surface area contributed by atoms with Gasteiger partial charge in [-0.25, -0.2) is 31.9 Å². The lowest BCUT2D eigenvalue weighted by Gasteiger charge is -2.27. The highest BCUT2D eigenvalue weighted by molar-refractivity contribution is 7.80. The first-order valence-electron chi connectivity index (χ1n) is 17.3. The summed E-state index contributed by atoms with van der Waals surface area (Å²) in [7, 11) is 2.76. The Labute approximate surface area is 328 Å². The van der Waals surface area contributed by atoms with E-state index in [1.807, 2.05) is 0 Å². The van der Waals surface area contributed by atoms with Crippen LogP contribution in [-0.4, -0.2) is 144 Å².